The van der Waals surface area contributed by atoms with E-state index in [2.05, 4.69) is 20.6 Å². The molecule has 0 fully saturated rings. The molecule has 1 aliphatic rings. The summed E-state index contributed by atoms with van der Waals surface area (Å²) in [4.78, 5) is 8.59. The van der Waals surface area contributed by atoms with E-state index in [0.29, 0.717) is 6.54 Å². The average Bonchev–Trinajstić information content (AvgIpc) is 2.47. The van der Waals surface area contributed by atoms with E-state index in [1.54, 1.807) is 18.5 Å². The van der Waals surface area contributed by atoms with Gasteiger partial charge in [0.1, 0.15) is 18.0 Å². The number of aromatic nitrogens is 2. The maximum atomic E-state index is 12.8. The molecule has 0 atom stereocenters. The summed E-state index contributed by atoms with van der Waals surface area (Å²) < 4.78 is 12.8. The molecule has 0 radical (unpaired) electrons. The third-order valence-corrected chi connectivity index (χ3v) is 3.25. The normalized spacial score (nSPS) is 13.9. The van der Waals surface area contributed by atoms with Gasteiger partial charge in [-0.3, -0.25) is 0 Å². The lowest BCUT2D eigenvalue weighted by atomic mass is 10.1. The number of hydrogen-bond acceptors (Lipinski definition) is 4. The third kappa shape index (κ3) is 2.71. The van der Waals surface area contributed by atoms with Crippen molar-refractivity contribution in [2.45, 2.75) is 19.5 Å². The zero-order chi connectivity index (χ0) is 13.1. The van der Waals surface area contributed by atoms with Crippen molar-refractivity contribution in [3.05, 3.63) is 53.2 Å². The van der Waals surface area contributed by atoms with Gasteiger partial charge in [-0.1, -0.05) is 12.1 Å². The van der Waals surface area contributed by atoms with Crippen molar-refractivity contribution in [3.8, 4) is 0 Å². The second-order valence-electron chi connectivity index (χ2n) is 4.55. The first-order valence-corrected chi connectivity index (χ1v) is 6.35. The van der Waals surface area contributed by atoms with Crippen LogP contribution in [0.3, 0.4) is 0 Å². The molecule has 98 valence electrons. The first-order valence-electron chi connectivity index (χ1n) is 6.35. The molecule has 1 aliphatic heterocycles. The minimum absolute atomic E-state index is 0.215. The number of rotatable bonds is 3. The number of benzene rings is 1. The highest BCUT2D eigenvalue weighted by molar-refractivity contribution is 5.47. The van der Waals surface area contributed by atoms with Gasteiger partial charge in [0.25, 0.3) is 0 Å². The van der Waals surface area contributed by atoms with Crippen molar-refractivity contribution < 1.29 is 4.39 Å². The molecule has 2 heterocycles. The molecule has 2 N–H and O–H groups in total. The summed E-state index contributed by atoms with van der Waals surface area (Å²) in [6.07, 6.45) is 2.53. The summed E-state index contributed by atoms with van der Waals surface area (Å²) in [7, 11) is 0. The molecule has 0 amide bonds. The molecular weight excluding hydrogens is 243 g/mol. The fraction of sp³-hybridized carbons (Fsp3) is 0.286. The van der Waals surface area contributed by atoms with E-state index in [1.807, 2.05) is 0 Å². The van der Waals surface area contributed by atoms with Gasteiger partial charge in [-0.05, 0) is 17.7 Å². The molecule has 0 spiro atoms. The van der Waals surface area contributed by atoms with E-state index in [4.69, 9.17) is 0 Å². The van der Waals surface area contributed by atoms with Gasteiger partial charge in [0.2, 0.25) is 0 Å². The van der Waals surface area contributed by atoms with Gasteiger partial charge in [0.05, 0.1) is 5.69 Å². The Morgan fingerprint density at radius 3 is 2.89 bits per heavy atom. The highest BCUT2D eigenvalue weighted by Crippen LogP contribution is 2.19. The fourth-order valence-electron chi connectivity index (χ4n) is 2.21. The highest BCUT2D eigenvalue weighted by Gasteiger charge is 2.14. The Morgan fingerprint density at radius 1 is 1.21 bits per heavy atom. The minimum Gasteiger partial charge on any atom is -0.366 e. The second-order valence-corrected chi connectivity index (χ2v) is 4.55. The highest BCUT2D eigenvalue weighted by atomic mass is 19.1. The van der Waals surface area contributed by atoms with Gasteiger partial charge in [-0.15, -0.1) is 0 Å². The van der Waals surface area contributed by atoms with E-state index in [-0.39, 0.29) is 5.82 Å². The first kappa shape index (κ1) is 12.0. The Balaban J connectivity index is 1.75. The summed E-state index contributed by atoms with van der Waals surface area (Å²) in [6, 6.07) is 6.48. The van der Waals surface area contributed by atoms with E-state index in [0.717, 1.165) is 42.1 Å². The summed E-state index contributed by atoms with van der Waals surface area (Å²) >= 11 is 0. The van der Waals surface area contributed by atoms with Gasteiger partial charge in [-0.25, -0.2) is 14.4 Å². The third-order valence-electron chi connectivity index (χ3n) is 3.25. The van der Waals surface area contributed by atoms with Crippen LogP contribution in [0.5, 0.6) is 0 Å². The van der Waals surface area contributed by atoms with Crippen LogP contribution < -0.4 is 10.6 Å². The molecule has 0 saturated heterocycles. The van der Waals surface area contributed by atoms with Crippen LogP contribution in [0, 0.1) is 5.82 Å². The molecule has 0 saturated carbocycles. The van der Waals surface area contributed by atoms with Crippen molar-refractivity contribution in [2.75, 3.05) is 11.9 Å². The largest absolute Gasteiger partial charge is 0.366 e. The Hall–Kier alpha value is -2.01. The molecule has 5 heteroatoms. The van der Waals surface area contributed by atoms with Crippen molar-refractivity contribution >= 4 is 5.82 Å². The molecule has 0 aliphatic carbocycles. The lowest BCUT2D eigenvalue weighted by Crippen LogP contribution is -2.26. The van der Waals surface area contributed by atoms with E-state index < -0.39 is 0 Å². The first-order chi connectivity index (χ1) is 9.33. The molecule has 0 bridgehead atoms. The van der Waals surface area contributed by atoms with Gasteiger partial charge in [0, 0.05) is 31.6 Å². The molecule has 19 heavy (non-hydrogen) atoms. The fourth-order valence-corrected chi connectivity index (χ4v) is 2.21. The van der Waals surface area contributed by atoms with Gasteiger partial charge in [-0.2, -0.15) is 0 Å². The lowest BCUT2D eigenvalue weighted by molar-refractivity contribution is 0.626. The molecule has 4 nitrogen and oxygen atoms in total. The Labute approximate surface area is 111 Å². The van der Waals surface area contributed by atoms with E-state index in [9.17, 15) is 4.39 Å². The van der Waals surface area contributed by atoms with Crippen LogP contribution >= 0.6 is 0 Å². The number of fused-ring (bicyclic) bond motifs is 1. The molecule has 1 aromatic heterocycles. The zero-order valence-electron chi connectivity index (χ0n) is 10.5. The summed E-state index contributed by atoms with van der Waals surface area (Å²) in [5.74, 6) is 0.647. The summed E-state index contributed by atoms with van der Waals surface area (Å²) in [5.41, 5.74) is 3.27. The minimum atomic E-state index is -0.215. The van der Waals surface area contributed by atoms with Crippen LogP contribution in [0.2, 0.25) is 0 Å². The molecular formula is C14H15FN4. The topological polar surface area (TPSA) is 49.8 Å². The number of nitrogens with one attached hydrogen (secondary N) is 2. The molecule has 3 rings (SSSR count). The van der Waals surface area contributed by atoms with Crippen molar-refractivity contribution in [1.82, 2.24) is 15.3 Å². The van der Waals surface area contributed by atoms with E-state index >= 15 is 0 Å². The average molecular weight is 258 g/mol. The van der Waals surface area contributed by atoms with Gasteiger partial charge >= 0.3 is 0 Å². The van der Waals surface area contributed by atoms with E-state index in [1.165, 1.54) is 12.1 Å². The Kier molecular flexibility index (Phi) is 3.37. The Morgan fingerprint density at radius 2 is 2.05 bits per heavy atom. The standard InChI is InChI=1S/C14H15FN4/c15-11-3-1-10(2-4-11)7-17-14-12-8-16-6-5-13(12)18-9-19-14/h1-4,9,16H,5-8H2,(H,17,18,19). The van der Waals surface area contributed by atoms with Gasteiger partial charge < -0.3 is 10.6 Å². The monoisotopic (exact) mass is 258 g/mol. The summed E-state index contributed by atoms with van der Waals surface area (Å²) in [5, 5.41) is 6.61. The maximum absolute atomic E-state index is 12.8. The molecule has 1 aromatic carbocycles. The SMILES string of the molecule is Fc1ccc(CNc2ncnc3c2CNCC3)cc1. The lowest BCUT2D eigenvalue weighted by Gasteiger charge is -2.19. The van der Waals surface area contributed by atoms with Crippen LogP contribution in [-0.2, 0) is 19.5 Å². The van der Waals surface area contributed by atoms with Crippen LogP contribution in [0.25, 0.3) is 0 Å². The predicted molar refractivity (Wildman–Crippen MR) is 71.2 cm³/mol. The maximum Gasteiger partial charge on any atom is 0.134 e. The number of anilines is 1. The predicted octanol–water partition coefficient (Wildman–Crippen LogP) is 1.87. The van der Waals surface area contributed by atoms with Crippen LogP contribution in [-0.4, -0.2) is 16.5 Å². The summed E-state index contributed by atoms with van der Waals surface area (Å²) in [6.45, 7) is 2.38. The number of halogens is 1. The van der Waals surface area contributed by atoms with Gasteiger partial charge in [0.15, 0.2) is 0 Å². The zero-order valence-corrected chi connectivity index (χ0v) is 10.5. The molecule has 2 aromatic rings. The quantitative estimate of drug-likeness (QED) is 0.882. The number of nitrogens with zero attached hydrogens (tertiary/aromatic N) is 2. The van der Waals surface area contributed by atoms with Crippen LogP contribution in [0.4, 0.5) is 10.2 Å². The van der Waals surface area contributed by atoms with Crippen molar-refractivity contribution in [3.63, 3.8) is 0 Å². The van der Waals surface area contributed by atoms with Crippen molar-refractivity contribution in [2.24, 2.45) is 0 Å². The van der Waals surface area contributed by atoms with Crippen LogP contribution in [0.1, 0.15) is 16.8 Å². The Bertz CT molecular complexity index is 568. The van der Waals surface area contributed by atoms with Crippen molar-refractivity contribution in [1.29, 1.82) is 0 Å². The number of hydrogen-bond donors (Lipinski definition) is 2. The van der Waals surface area contributed by atoms with Crippen LogP contribution in [0.15, 0.2) is 30.6 Å². The second kappa shape index (κ2) is 5.32. The molecule has 0 unspecified atom stereocenters. The smallest absolute Gasteiger partial charge is 0.134 e.